The van der Waals surface area contributed by atoms with Crippen LogP contribution in [0.5, 0.6) is 0 Å². The first-order valence-corrected chi connectivity index (χ1v) is 7.21. The highest BCUT2D eigenvalue weighted by atomic mass is 35.5. The molecule has 1 heterocycles. The molecule has 1 amide bonds. The SMILES string of the molecule is Cc1cc(Cl)ccc1NC(=O)CN1CCCC(C)C1. The molecule has 104 valence electrons. The van der Waals surface area contributed by atoms with E-state index in [1.54, 1.807) is 6.07 Å². The number of benzene rings is 1. The van der Waals surface area contributed by atoms with Gasteiger partial charge in [-0.3, -0.25) is 9.69 Å². The van der Waals surface area contributed by atoms with Crippen LogP contribution in [0.3, 0.4) is 0 Å². The number of hydrogen-bond donors (Lipinski definition) is 1. The van der Waals surface area contributed by atoms with Gasteiger partial charge in [0.25, 0.3) is 0 Å². The lowest BCUT2D eigenvalue weighted by molar-refractivity contribution is -0.117. The number of likely N-dealkylation sites (tertiary alicyclic amines) is 1. The number of amides is 1. The van der Waals surface area contributed by atoms with E-state index < -0.39 is 0 Å². The predicted octanol–water partition coefficient (Wildman–Crippen LogP) is 3.32. The maximum absolute atomic E-state index is 12.0. The van der Waals surface area contributed by atoms with Crippen LogP contribution in [-0.2, 0) is 4.79 Å². The standard InChI is InChI=1S/C15H21ClN2O/c1-11-4-3-7-18(9-11)10-15(19)17-14-6-5-13(16)8-12(14)2/h5-6,8,11H,3-4,7,9-10H2,1-2H3,(H,17,19). The maximum Gasteiger partial charge on any atom is 0.238 e. The first-order chi connectivity index (χ1) is 9.04. The third-order valence-electron chi connectivity index (χ3n) is 3.57. The quantitative estimate of drug-likeness (QED) is 0.921. The van der Waals surface area contributed by atoms with Crippen LogP contribution in [0.1, 0.15) is 25.3 Å². The largest absolute Gasteiger partial charge is 0.325 e. The zero-order valence-electron chi connectivity index (χ0n) is 11.6. The van der Waals surface area contributed by atoms with Crippen LogP contribution in [-0.4, -0.2) is 30.4 Å². The molecule has 1 atom stereocenters. The lowest BCUT2D eigenvalue weighted by Crippen LogP contribution is -2.39. The van der Waals surface area contributed by atoms with Gasteiger partial charge in [0.1, 0.15) is 0 Å². The van der Waals surface area contributed by atoms with Gasteiger partial charge in [-0.05, 0) is 56.0 Å². The van der Waals surface area contributed by atoms with Crippen LogP contribution in [0.4, 0.5) is 5.69 Å². The number of nitrogens with one attached hydrogen (secondary N) is 1. The Bertz CT molecular complexity index is 461. The number of carbonyl (C=O) groups is 1. The Kier molecular flexibility index (Phi) is 4.83. The molecule has 0 radical (unpaired) electrons. The molecule has 1 aromatic carbocycles. The Balaban J connectivity index is 1.90. The number of rotatable bonds is 3. The van der Waals surface area contributed by atoms with Gasteiger partial charge in [0, 0.05) is 17.3 Å². The summed E-state index contributed by atoms with van der Waals surface area (Å²) in [4.78, 5) is 14.3. The van der Waals surface area contributed by atoms with E-state index in [1.165, 1.54) is 12.8 Å². The van der Waals surface area contributed by atoms with Crippen molar-refractivity contribution in [1.82, 2.24) is 4.90 Å². The zero-order chi connectivity index (χ0) is 13.8. The molecule has 0 aromatic heterocycles. The Morgan fingerprint density at radius 3 is 3.00 bits per heavy atom. The molecule has 1 fully saturated rings. The molecule has 2 rings (SSSR count). The fourth-order valence-corrected chi connectivity index (χ4v) is 2.82. The summed E-state index contributed by atoms with van der Waals surface area (Å²) < 4.78 is 0. The molecule has 4 heteroatoms. The summed E-state index contributed by atoms with van der Waals surface area (Å²) in [6, 6.07) is 5.52. The topological polar surface area (TPSA) is 32.3 Å². The van der Waals surface area contributed by atoms with Crippen molar-refractivity contribution in [3.05, 3.63) is 28.8 Å². The van der Waals surface area contributed by atoms with E-state index >= 15 is 0 Å². The van der Waals surface area contributed by atoms with E-state index in [1.807, 2.05) is 19.1 Å². The van der Waals surface area contributed by atoms with Gasteiger partial charge in [-0.15, -0.1) is 0 Å². The van der Waals surface area contributed by atoms with Crippen molar-refractivity contribution < 1.29 is 4.79 Å². The second kappa shape index (κ2) is 6.40. The first kappa shape index (κ1) is 14.4. The molecule has 1 unspecified atom stereocenters. The van der Waals surface area contributed by atoms with Gasteiger partial charge >= 0.3 is 0 Å². The molecule has 1 N–H and O–H groups in total. The zero-order valence-corrected chi connectivity index (χ0v) is 12.3. The fourth-order valence-electron chi connectivity index (χ4n) is 2.59. The Morgan fingerprint density at radius 2 is 2.32 bits per heavy atom. The molecular formula is C15H21ClN2O. The molecule has 3 nitrogen and oxygen atoms in total. The molecule has 19 heavy (non-hydrogen) atoms. The number of aryl methyl sites for hydroxylation is 1. The van der Waals surface area contributed by atoms with Crippen molar-refractivity contribution in [3.63, 3.8) is 0 Å². The molecule has 1 aliphatic heterocycles. The average Bonchev–Trinajstić information content (AvgIpc) is 2.33. The van der Waals surface area contributed by atoms with E-state index in [-0.39, 0.29) is 5.91 Å². The first-order valence-electron chi connectivity index (χ1n) is 6.83. The van der Waals surface area contributed by atoms with Crippen molar-refractivity contribution in [2.75, 3.05) is 25.0 Å². The van der Waals surface area contributed by atoms with Gasteiger partial charge in [0.2, 0.25) is 5.91 Å². The minimum absolute atomic E-state index is 0.0551. The number of hydrogen-bond acceptors (Lipinski definition) is 2. The average molecular weight is 281 g/mol. The van der Waals surface area contributed by atoms with Crippen LogP contribution in [0.25, 0.3) is 0 Å². The smallest absolute Gasteiger partial charge is 0.238 e. The maximum atomic E-state index is 12.0. The van der Waals surface area contributed by atoms with E-state index in [4.69, 9.17) is 11.6 Å². The summed E-state index contributed by atoms with van der Waals surface area (Å²) in [6.45, 7) is 6.72. The monoisotopic (exact) mass is 280 g/mol. The number of anilines is 1. The predicted molar refractivity (Wildman–Crippen MR) is 79.7 cm³/mol. The van der Waals surface area contributed by atoms with E-state index in [0.717, 1.165) is 24.3 Å². The molecular weight excluding hydrogens is 260 g/mol. The molecule has 1 saturated heterocycles. The molecule has 1 aliphatic rings. The number of piperidine rings is 1. The Morgan fingerprint density at radius 1 is 1.53 bits per heavy atom. The molecule has 0 bridgehead atoms. The highest BCUT2D eigenvalue weighted by Crippen LogP contribution is 2.20. The fraction of sp³-hybridized carbons (Fsp3) is 0.533. The van der Waals surface area contributed by atoms with Gasteiger partial charge in [-0.25, -0.2) is 0 Å². The summed E-state index contributed by atoms with van der Waals surface area (Å²) in [5.74, 6) is 0.748. The third kappa shape index (κ3) is 4.22. The second-order valence-electron chi connectivity index (χ2n) is 5.49. The van der Waals surface area contributed by atoms with Gasteiger partial charge in [-0.1, -0.05) is 18.5 Å². The van der Waals surface area contributed by atoms with Crippen molar-refractivity contribution in [2.24, 2.45) is 5.92 Å². The number of halogens is 1. The van der Waals surface area contributed by atoms with E-state index in [0.29, 0.717) is 17.5 Å². The van der Waals surface area contributed by atoms with Gasteiger partial charge < -0.3 is 5.32 Å². The van der Waals surface area contributed by atoms with Crippen LogP contribution in [0, 0.1) is 12.8 Å². The molecule has 0 saturated carbocycles. The molecule has 0 aliphatic carbocycles. The van der Waals surface area contributed by atoms with Crippen molar-refractivity contribution in [2.45, 2.75) is 26.7 Å². The molecule has 0 spiro atoms. The summed E-state index contributed by atoms with van der Waals surface area (Å²) in [5.41, 5.74) is 1.84. The van der Waals surface area contributed by atoms with Gasteiger partial charge in [-0.2, -0.15) is 0 Å². The van der Waals surface area contributed by atoms with Crippen molar-refractivity contribution >= 4 is 23.2 Å². The number of nitrogens with zero attached hydrogens (tertiary/aromatic N) is 1. The van der Waals surface area contributed by atoms with Crippen LogP contribution in [0.15, 0.2) is 18.2 Å². The van der Waals surface area contributed by atoms with Crippen LogP contribution >= 0.6 is 11.6 Å². The van der Waals surface area contributed by atoms with Crippen molar-refractivity contribution in [1.29, 1.82) is 0 Å². The van der Waals surface area contributed by atoms with Gasteiger partial charge in [0.15, 0.2) is 0 Å². The van der Waals surface area contributed by atoms with Crippen LogP contribution in [0.2, 0.25) is 5.02 Å². The summed E-state index contributed by atoms with van der Waals surface area (Å²) in [7, 11) is 0. The Hall–Kier alpha value is -1.06. The lowest BCUT2D eigenvalue weighted by atomic mass is 10.0. The van der Waals surface area contributed by atoms with Gasteiger partial charge in [0.05, 0.1) is 6.54 Å². The van der Waals surface area contributed by atoms with E-state index in [9.17, 15) is 4.79 Å². The lowest BCUT2D eigenvalue weighted by Gasteiger charge is -2.30. The number of carbonyl (C=O) groups excluding carboxylic acids is 1. The highest BCUT2D eigenvalue weighted by molar-refractivity contribution is 6.30. The second-order valence-corrected chi connectivity index (χ2v) is 5.93. The summed E-state index contributed by atoms with van der Waals surface area (Å²) in [6.07, 6.45) is 2.46. The van der Waals surface area contributed by atoms with Crippen molar-refractivity contribution in [3.8, 4) is 0 Å². The minimum Gasteiger partial charge on any atom is -0.325 e. The Labute approximate surface area is 119 Å². The minimum atomic E-state index is 0.0551. The summed E-state index contributed by atoms with van der Waals surface area (Å²) >= 11 is 5.90. The highest BCUT2D eigenvalue weighted by Gasteiger charge is 2.18. The van der Waals surface area contributed by atoms with E-state index in [2.05, 4.69) is 17.1 Å². The normalized spacial score (nSPS) is 20.3. The van der Waals surface area contributed by atoms with Crippen LogP contribution < -0.4 is 5.32 Å². The summed E-state index contributed by atoms with van der Waals surface area (Å²) in [5, 5.41) is 3.66. The third-order valence-corrected chi connectivity index (χ3v) is 3.81. The molecule has 1 aromatic rings.